The first-order chi connectivity index (χ1) is 11.0. The third-order valence-corrected chi connectivity index (χ3v) is 3.81. The molecule has 0 atom stereocenters. The Bertz CT molecular complexity index is 618. The van der Waals surface area contributed by atoms with Crippen LogP contribution in [0, 0.1) is 5.92 Å². The molecule has 0 saturated heterocycles. The van der Waals surface area contributed by atoms with E-state index in [2.05, 4.69) is 60.5 Å². The highest BCUT2D eigenvalue weighted by molar-refractivity contribution is 5.92. The number of carbonyl (C=O) groups excluding carboxylic acids is 1. The maximum atomic E-state index is 11.8. The van der Waals surface area contributed by atoms with Crippen molar-refractivity contribution in [1.29, 1.82) is 0 Å². The highest BCUT2D eigenvalue weighted by Crippen LogP contribution is 2.22. The second-order valence-corrected chi connectivity index (χ2v) is 6.40. The molecule has 0 aliphatic heterocycles. The van der Waals surface area contributed by atoms with E-state index in [1.54, 1.807) is 0 Å². The average Bonchev–Trinajstić information content (AvgIpc) is 2.54. The molecule has 1 amide bonds. The lowest BCUT2D eigenvalue weighted by atomic mass is 10.1. The zero-order chi connectivity index (χ0) is 16.8. The number of nitrogens with zero attached hydrogens (tertiary/aromatic N) is 1. The predicted octanol–water partition coefficient (Wildman–Crippen LogP) is 4.70. The molecule has 2 aromatic carbocycles. The molecule has 1 N–H and O–H groups in total. The molecule has 23 heavy (non-hydrogen) atoms. The van der Waals surface area contributed by atoms with Crippen LogP contribution >= 0.6 is 0 Å². The van der Waals surface area contributed by atoms with Gasteiger partial charge in [-0.3, -0.25) is 4.79 Å². The summed E-state index contributed by atoms with van der Waals surface area (Å²) in [5.41, 5.74) is 3.29. The van der Waals surface area contributed by atoms with Crippen LogP contribution in [0.5, 0.6) is 0 Å². The van der Waals surface area contributed by atoms with Gasteiger partial charge in [0, 0.05) is 29.9 Å². The van der Waals surface area contributed by atoms with Crippen LogP contribution in [0.1, 0.15) is 33.3 Å². The number of amides is 1. The zero-order valence-electron chi connectivity index (χ0n) is 14.4. The summed E-state index contributed by atoms with van der Waals surface area (Å²) in [5, 5.41) is 2.93. The van der Waals surface area contributed by atoms with Crippen LogP contribution in [-0.2, 0) is 11.3 Å². The number of benzene rings is 2. The molecule has 0 bridgehead atoms. The van der Waals surface area contributed by atoms with E-state index < -0.39 is 0 Å². The van der Waals surface area contributed by atoms with E-state index in [1.807, 2.05) is 32.0 Å². The van der Waals surface area contributed by atoms with Crippen molar-refractivity contribution in [2.75, 3.05) is 10.2 Å². The standard InChI is InChI=1S/C20H26N2O/c1-15(2)20(23)21-18-10-12-19(13-11-18)22(16(3)4)14-17-8-6-5-7-9-17/h5-13,15-16H,14H2,1-4H3,(H,21,23). The molecule has 3 heteroatoms. The fraction of sp³-hybridized carbons (Fsp3) is 0.350. The van der Waals surface area contributed by atoms with Crippen LogP contribution in [0.4, 0.5) is 11.4 Å². The molecule has 0 saturated carbocycles. The van der Waals surface area contributed by atoms with Crippen molar-refractivity contribution in [2.24, 2.45) is 5.92 Å². The summed E-state index contributed by atoms with van der Waals surface area (Å²) in [6, 6.07) is 18.9. The predicted molar refractivity (Wildman–Crippen MR) is 97.7 cm³/mol. The summed E-state index contributed by atoms with van der Waals surface area (Å²) < 4.78 is 0. The van der Waals surface area contributed by atoms with Crippen molar-refractivity contribution < 1.29 is 4.79 Å². The van der Waals surface area contributed by atoms with Gasteiger partial charge in [-0.05, 0) is 43.7 Å². The molecule has 0 heterocycles. The van der Waals surface area contributed by atoms with Crippen LogP contribution in [0.25, 0.3) is 0 Å². The molecule has 0 unspecified atom stereocenters. The second kappa shape index (κ2) is 7.82. The molecular formula is C20H26N2O. The third kappa shape index (κ3) is 4.85. The Morgan fingerprint density at radius 2 is 1.57 bits per heavy atom. The summed E-state index contributed by atoms with van der Waals surface area (Å²) in [7, 11) is 0. The van der Waals surface area contributed by atoms with E-state index in [1.165, 1.54) is 5.56 Å². The molecule has 0 aliphatic rings. The van der Waals surface area contributed by atoms with Crippen LogP contribution < -0.4 is 10.2 Å². The van der Waals surface area contributed by atoms with E-state index >= 15 is 0 Å². The van der Waals surface area contributed by atoms with Gasteiger partial charge in [0.1, 0.15) is 0 Å². The monoisotopic (exact) mass is 310 g/mol. The largest absolute Gasteiger partial charge is 0.365 e. The fourth-order valence-electron chi connectivity index (χ4n) is 2.37. The number of rotatable bonds is 6. The Morgan fingerprint density at radius 1 is 0.957 bits per heavy atom. The van der Waals surface area contributed by atoms with Gasteiger partial charge in [0.05, 0.1) is 0 Å². The maximum absolute atomic E-state index is 11.8. The lowest BCUT2D eigenvalue weighted by Crippen LogP contribution is -2.30. The molecule has 2 aromatic rings. The van der Waals surface area contributed by atoms with Crippen molar-refractivity contribution in [3.05, 3.63) is 60.2 Å². The van der Waals surface area contributed by atoms with Crippen LogP contribution in [0.15, 0.2) is 54.6 Å². The fourth-order valence-corrected chi connectivity index (χ4v) is 2.37. The quantitative estimate of drug-likeness (QED) is 0.839. The third-order valence-electron chi connectivity index (χ3n) is 3.81. The van der Waals surface area contributed by atoms with Crippen LogP contribution in [0.3, 0.4) is 0 Å². The van der Waals surface area contributed by atoms with E-state index in [-0.39, 0.29) is 11.8 Å². The van der Waals surface area contributed by atoms with Gasteiger partial charge in [-0.25, -0.2) is 0 Å². The number of nitrogens with one attached hydrogen (secondary N) is 1. The smallest absolute Gasteiger partial charge is 0.226 e. The van der Waals surface area contributed by atoms with Crippen LogP contribution in [0.2, 0.25) is 0 Å². The van der Waals surface area contributed by atoms with Crippen molar-refractivity contribution >= 4 is 17.3 Å². The van der Waals surface area contributed by atoms with Gasteiger partial charge >= 0.3 is 0 Å². The summed E-state index contributed by atoms with van der Waals surface area (Å²) in [6.07, 6.45) is 0. The van der Waals surface area contributed by atoms with Crippen LogP contribution in [-0.4, -0.2) is 11.9 Å². The van der Waals surface area contributed by atoms with Gasteiger partial charge in [0.2, 0.25) is 5.91 Å². The molecule has 0 aromatic heterocycles. The Kier molecular flexibility index (Phi) is 5.80. The van der Waals surface area contributed by atoms with Gasteiger partial charge in [-0.2, -0.15) is 0 Å². The van der Waals surface area contributed by atoms with Crippen molar-refractivity contribution in [3.8, 4) is 0 Å². The molecule has 0 radical (unpaired) electrons. The Balaban J connectivity index is 2.12. The minimum Gasteiger partial charge on any atom is -0.365 e. The highest BCUT2D eigenvalue weighted by atomic mass is 16.1. The average molecular weight is 310 g/mol. The summed E-state index contributed by atoms with van der Waals surface area (Å²) >= 11 is 0. The summed E-state index contributed by atoms with van der Waals surface area (Å²) in [4.78, 5) is 14.1. The number of anilines is 2. The minimum absolute atomic E-state index is 0.0140. The summed E-state index contributed by atoms with van der Waals surface area (Å²) in [5.74, 6) is 0.0303. The normalized spacial score (nSPS) is 10.9. The lowest BCUT2D eigenvalue weighted by Gasteiger charge is -2.29. The first kappa shape index (κ1) is 17.1. The first-order valence-electron chi connectivity index (χ1n) is 8.19. The van der Waals surface area contributed by atoms with Gasteiger partial charge in [-0.1, -0.05) is 44.2 Å². The van der Waals surface area contributed by atoms with E-state index in [4.69, 9.17) is 0 Å². The Morgan fingerprint density at radius 3 is 2.09 bits per heavy atom. The minimum atomic E-state index is -0.0140. The molecular weight excluding hydrogens is 284 g/mol. The molecule has 0 spiro atoms. The molecule has 3 nitrogen and oxygen atoms in total. The lowest BCUT2D eigenvalue weighted by molar-refractivity contribution is -0.118. The second-order valence-electron chi connectivity index (χ2n) is 6.40. The molecule has 0 fully saturated rings. The van der Waals surface area contributed by atoms with Crippen molar-refractivity contribution in [2.45, 2.75) is 40.3 Å². The summed E-state index contributed by atoms with van der Waals surface area (Å²) in [6.45, 7) is 9.04. The SMILES string of the molecule is CC(C)C(=O)Nc1ccc(N(Cc2ccccc2)C(C)C)cc1. The number of hydrogen-bond acceptors (Lipinski definition) is 2. The highest BCUT2D eigenvalue weighted by Gasteiger charge is 2.12. The van der Waals surface area contributed by atoms with E-state index in [9.17, 15) is 4.79 Å². The Labute approximate surface area is 139 Å². The van der Waals surface area contributed by atoms with Gasteiger partial charge in [0.25, 0.3) is 0 Å². The maximum Gasteiger partial charge on any atom is 0.226 e. The topological polar surface area (TPSA) is 32.3 Å². The molecule has 0 aliphatic carbocycles. The Hall–Kier alpha value is -2.29. The first-order valence-corrected chi connectivity index (χ1v) is 8.19. The molecule has 122 valence electrons. The number of hydrogen-bond donors (Lipinski definition) is 1. The van der Waals surface area contributed by atoms with Gasteiger partial charge in [0.15, 0.2) is 0 Å². The van der Waals surface area contributed by atoms with Gasteiger partial charge in [-0.15, -0.1) is 0 Å². The van der Waals surface area contributed by atoms with E-state index in [0.29, 0.717) is 6.04 Å². The van der Waals surface area contributed by atoms with E-state index in [0.717, 1.165) is 17.9 Å². The van der Waals surface area contributed by atoms with Crippen molar-refractivity contribution in [3.63, 3.8) is 0 Å². The van der Waals surface area contributed by atoms with Gasteiger partial charge < -0.3 is 10.2 Å². The van der Waals surface area contributed by atoms with Crippen molar-refractivity contribution in [1.82, 2.24) is 0 Å². The zero-order valence-corrected chi connectivity index (χ0v) is 14.4. The molecule has 2 rings (SSSR count). The number of carbonyl (C=O) groups is 1.